The number of rotatable bonds is 8. The van der Waals surface area contributed by atoms with Crippen molar-refractivity contribution in [3.8, 4) is 0 Å². The molecule has 1 aromatic heterocycles. The fourth-order valence-corrected chi connectivity index (χ4v) is 12.8. The molecule has 4 heterocycles. The lowest BCUT2D eigenvalue weighted by atomic mass is 9.56. The zero-order chi connectivity index (χ0) is 42.1. The molecular formula is C44H62N4O11. The first kappa shape index (κ1) is 42.0. The number of hydrogen-bond donors (Lipinski definition) is 1. The molecule has 15 atom stereocenters. The van der Waals surface area contributed by atoms with Crippen molar-refractivity contribution in [2.24, 2.45) is 35.0 Å². The first-order valence-electron chi connectivity index (χ1n) is 21.7. The second-order valence-electron chi connectivity index (χ2n) is 18.9. The van der Waals surface area contributed by atoms with Crippen LogP contribution in [0.5, 0.6) is 0 Å². The third-order valence-electron chi connectivity index (χ3n) is 15.2. The van der Waals surface area contributed by atoms with Crippen LogP contribution in [0.25, 0.3) is 0 Å². The van der Waals surface area contributed by atoms with Crippen LogP contribution in [0.15, 0.2) is 29.0 Å². The van der Waals surface area contributed by atoms with Crippen molar-refractivity contribution in [3.63, 3.8) is 0 Å². The third kappa shape index (κ3) is 7.56. The maximum atomic E-state index is 12.5. The molecule has 1 spiro atoms. The van der Waals surface area contributed by atoms with Gasteiger partial charge >= 0.3 is 23.9 Å². The normalized spacial score (nSPS) is 41.6. The molecule has 15 heteroatoms. The minimum Gasteiger partial charge on any atom is -0.463 e. The lowest BCUT2D eigenvalue weighted by Gasteiger charge is -2.49. The highest BCUT2D eigenvalue weighted by Gasteiger charge is 2.62. The number of aliphatic hydroxyl groups excluding tert-OH is 1. The van der Waals surface area contributed by atoms with E-state index in [0.717, 1.165) is 57.9 Å². The number of allylic oxidation sites excluding steroid dienone is 2. The van der Waals surface area contributed by atoms with Gasteiger partial charge in [0, 0.05) is 52.7 Å². The number of esters is 4. The molecule has 0 bridgehead atoms. The molecule has 4 aliphatic carbocycles. The second-order valence-corrected chi connectivity index (χ2v) is 18.9. The molecule has 1 N–H and O–H groups in total. The quantitative estimate of drug-likeness (QED) is 0.216. The monoisotopic (exact) mass is 822 g/mol. The first-order valence-corrected chi connectivity index (χ1v) is 21.7. The van der Waals surface area contributed by atoms with Gasteiger partial charge in [-0.3, -0.25) is 24.1 Å². The summed E-state index contributed by atoms with van der Waals surface area (Å²) in [6.45, 7) is 15.3. The van der Waals surface area contributed by atoms with Crippen molar-refractivity contribution in [2.75, 3.05) is 13.2 Å². The van der Waals surface area contributed by atoms with E-state index in [1.54, 1.807) is 11.8 Å². The number of likely N-dealkylation sites (tertiary alicyclic amines) is 1. The molecule has 0 aromatic carbocycles. The van der Waals surface area contributed by atoms with E-state index >= 15 is 0 Å². The smallest absolute Gasteiger partial charge is 0.303 e. The van der Waals surface area contributed by atoms with Crippen LogP contribution in [-0.4, -0.2) is 110 Å². The summed E-state index contributed by atoms with van der Waals surface area (Å²) < 4.78 is 37.3. The van der Waals surface area contributed by atoms with Gasteiger partial charge in [-0.15, -0.1) is 5.10 Å². The van der Waals surface area contributed by atoms with Crippen LogP contribution in [0.4, 0.5) is 0 Å². The van der Waals surface area contributed by atoms with Gasteiger partial charge in [-0.2, -0.15) is 0 Å². The van der Waals surface area contributed by atoms with Crippen LogP contribution < -0.4 is 0 Å². The topological polar surface area (TPSA) is 178 Å². The van der Waals surface area contributed by atoms with Crippen LogP contribution in [0.1, 0.15) is 119 Å². The number of fused-ring (bicyclic) bond motifs is 6. The largest absolute Gasteiger partial charge is 0.463 e. The zero-order valence-corrected chi connectivity index (χ0v) is 35.8. The minimum absolute atomic E-state index is 0.0601. The molecule has 5 fully saturated rings. The summed E-state index contributed by atoms with van der Waals surface area (Å²) in [5.74, 6) is -0.190. The van der Waals surface area contributed by atoms with Crippen molar-refractivity contribution in [2.45, 2.75) is 168 Å². The Hall–Kier alpha value is -3.66. The van der Waals surface area contributed by atoms with Gasteiger partial charge in [-0.1, -0.05) is 43.2 Å². The van der Waals surface area contributed by atoms with Gasteiger partial charge in [0.25, 0.3) is 0 Å². The Labute approximate surface area is 346 Å². The Morgan fingerprint density at radius 2 is 1.66 bits per heavy atom. The van der Waals surface area contributed by atoms with Gasteiger partial charge in [-0.05, 0) is 93.0 Å². The van der Waals surface area contributed by atoms with E-state index in [9.17, 15) is 24.3 Å². The van der Waals surface area contributed by atoms with Crippen LogP contribution in [-0.2, 0) is 54.1 Å². The molecule has 2 saturated carbocycles. The van der Waals surface area contributed by atoms with Crippen LogP contribution in [0, 0.1) is 35.0 Å². The van der Waals surface area contributed by atoms with Gasteiger partial charge in [0.1, 0.15) is 12.7 Å². The van der Waals surface area contributed by atoms with Crippen molar-refractivity contribution < 1.29 is 52.7 Å². The Balaban J connectivity index is 1.05. The number of piperidine rings is 1. The zero-order valence-electron chi connectivity index (χ0n) is 35.8. The number of nitrogens with zero attached hydrogens (tertiary/aromatic N) is 4. The van der Waals surface area contributed by atoms with Gasteiger partial charge in [0.15, 0.2) is 24.5 Å². The molecular weight excluding hydrogens is 761 g/mol. The molecule has 8 rings (SSSR count). The van der Waals surface area contributed by atoms with E-state index in [1.807, 2.05) is 0 Å². The lowest BCUT2D eigenvalue weighted by Crippen LogP contribution is -2.60. The number of hydrogen-bond acceptors (Lipinski definition) is 14. The molecule has 59 heavy (non-hydrogen) atoms. The summed E-state index contributed by atoms with van der Waals surface area (Å²) in [4.78, 5) is 51.4. The van der Waals surface area contributed by atoms with Gasteiger partial charge in [0.05, 0.1) is 29.7 Å². The lowest BCUT2D eigenvalue weighted by molar-refractivity contribution is -0.270. The standard InChI is InChI=1S/C44H62N4O11/c1-22-15-36-38(24(3)44(59-36)14-12-32-33-10-9-29-16-31(53)11-13-43(29,8)35(33)17-34(32)23(44)2)47(18-22)19-30-20-48(46-45-30)42-41(57-28(7)52)40(56-27(6)51)39(55-26(5)50)37(58-42)21-54-25(4)49/h9,20,22,24,31-33,35-42,53H,10-19,21H2,1-8H3/t22-,24+,31-,32-,33-,35-,36+,37?,38-,39-,40?,41-,42+,43-,44-/m0/s1. The molecule has 2 unspecified atom stereocenters. The highest BCUT2D eigenvalue weighted by molar-refractivity contribution is 5.68. The van der Waals surface area contributed by atoms with Crippen LogP contribution in [0.2, 0.25) is 0 Å². The second kappa shape index (κ2) is 16.0. The fraction of sp³-hybridized carbons (Fsp3) is 0.773. The number of ether oxygens (including phenoxy) is 6. The molecule has 1 aromatic rings. The van der Waals surface area contributed by atoms with E-state index in [-0.39, 0.29) is 41.8 Å². The Kier molecular flexibility index (Phi) is 11.4. The number of aromatic nitrogens is 3. The van der Waals surface area contributed by atoms with Crippen molar-refractivity contribution in [1.29, 1.82) is 0 Å². The number of aliphatic hydroxyl groups is 1. The van der Waals surface area contributed by atoms with Crippen molar-refractivity contribution in [3.05, 3.63) is 34.7 Å². The highest BCUT2D eigenvalue weighted by Crippen LogP contribution is 2.65. The minimum atomic E-state index is -1.31. The number of carbonyl (C=O) groups excluding carboxylic acids is 4. The van der Waals surface area contributed by atoms with Crippen LogP contribution >= 0.6 is 0 Å². The Morgan fingerprint density at radius 3 is 2.37 bits per heavy atom. The van der Waals surface area contributed by atoms with Crippen molar-refractivity contribution >= 4 is 23.9 Å². The van der Waals surface area contributed by atoms with E-state index in [1.165, 1.54) is 43.5 Å². The molecule has 7 aliphatic rings. The van der Waals surface area contributed by atoms with Crippen molar-refractivity contribution in [1.82, 2.24) is 19.9 Å². The predicted molar refractivity (Wildman–Crippen MR) is 210 cm³/mol. The summed E-state index contributed by atoms with van der Waals surface area (Å²) >= 11 is 0. The van der Waals surface area contributed by atoms with E-state index < -0.39 is 54.5 Å². The molecule has 324 valence electrons. The molecule has 3 saturated heterocycles. The first-order chi connectivity index (χ1) is 28.0. The fourth-order valence-electron chi connectivity index (χ4n) is 12.8. The Bertz CT molecular complexity index is 1900. The van der Waals surface area contributed by atoms with Crippen LogP contribution in [0.3, 0.4) is 0 Å². The average molecular weight is 823 g/mol. The summed E-state index contributed by atoms with van der Waals surface area (Å²) in [7, 11) is 0. The van der Waals surface area contributed by atoms with Gasteiger partial charge in [-0.25, -0.2) is 4.68 Å². The summed E-state index contributed by atoms with van der Waals surface area (Å²) in [5, 5.41) is 19.5. The molecule has 0 radical (unpaired) electrons. The summed E-state index contributed by atoms with van der Waals surface area (Å²) in [5.41, 5.74) is 5.06. The van der Waals surface area contributed by atoms with E-state index in [0.29, 0.717) is 35.9 Å². The maximum Gasteiger partial charge on any atom is 0.303 e. The molecule has 0 amide bonds. The summed E-state index contributed by atoms with van der Waals surface area (Å²) in [6, 6.07) is 0.156. The van der Waals surface area contributed by atoms with E-state index in [2.05, 4.69) is 49.0 Å². The Morgan fingerprint density at radius 1 is 0.949 bits per heavy atom. The third-order valence-corrected chi connectivity index (χ3v) is 15.2. The van der Waals surface area contributed by atoms with E-state index in [4.69, 9.17) is 28.4 Å². The summed E-state index contributed by atoms with van der Waals surface area (Å²) in [6.07, 6.45) is 6.08. The number of carbonyl (C=O) groups is 4. The highest BCUT2D eigenvalue weighted by atomic mass is 16.7. The maximum absolute atomic E-state index is 12.5. The average Bonchev–Trinajstić information content (AvgIpc) is 3.86. The molecule has 15 nitrogen and oxygen atoms in total. The SMILES string of the molecule is CC(=O)OCC1O[C@@H](n2cc(CN3C[C@@H](C)C[C@H]4O[C@]5(CC[C@@H]6C(=C5C)C[C@H]5[C@H]6CC=C6C[C@@H](O)CC[C@@]65C)[C@H](C)[C@@H]43)nn2)[C@@H](OC(C)=O)C(OC(C)=O)[C@H]1OC(C)=O. The van der Waals surface area contributed by atoms with Gasteiger partial charge < -0.3 is 33.5 Å². The predicted octanol–water partition coefficient (Wildman–Crippen LogP) is 4.76. The molecule has 3 aliphatic heterocycles. The van der Waals surface area contributed by atoms with Gasteiger partial charge in [0.2, 0.25) is 0 Å².